The summed E-state index contributed by atoms with van der Waals surface area (Å²) < 4.78 is 0. The van der Waals surface area contributed by atoms with Crippen LogP contribution in [-0.4, -0.2) is 107 Å². The van der Waals surface area contributed by atoms with Gasteiger partial charge in [-0.05, 0) is 85.8 Å². The van der Waals surface area contributed by atoms with Gasteiger partial charge in [0.05, 0.1) is 6.42 Å². The Morgan fingerprint density at radius 1 is 0.795 bits per heavy atom. The van der Waals surface area contributed by atoms with Crippen molar-refractivity contribution in [1.82, 2.24) is 42.2 Å². The fraction of sp³-hybridized carbons (Fsp3) is 0.442. The molecule has 2 heterocycles. The normalized spacial score (nSPS) is 22.8. The van der Waals surface area contributed by atoms with Gasteiger partial charge in [0.2, 0.25) is 47.3 Å². The lowest BCUT2D eigenvalue weighted by molar-refractivity contribution is -0.139. The summed E-state index contributed by atoms with van der Waals surface area (Å²) in [6.07, 6.45) is 3.53. The molecule has 390 valence electrons. The van der Waals surface area contributed by atoms with Crippen molar-refractivity contribution in [2.45, 2.75) is 133 Å². The highest BCUT2D eigenvalue weighted by molar-refractivity contribution is 6.31. The molecule has 1 aromatic heterocycles. The van der Waals surface area contributed by atoms with E-state index >= 15 is 4.79 Å². The molecule has 3 aromatic carbocycles. The molecule has 2 aliphatic rings. The van der Waals surface area contributed by atoms with Gasteiger partial charge in [-0.15, -0.1) is 0 Å². The van der Waals surface area contributed by atoms with Gasteiger partial charge in [0, 0.05) is 60.9 Å². The average molecular weight is 1020 g/mol. The molecule has 6 atom stereocenters. The molecule has 20 nitrogen and oxygen atoms in total. The molecule has 0 radical (unpaired) electrons. The number of carbonyl (C=O) groups excluding carboxylic acids is 8. The molecule has 1 saturated heterocycles. The van der Waals surface area contributed by atoms with Crippen molar-refractivity contribution < 1.29 is 38.4 Å². The van der Waals surface area contributed by atoms with Gasteiger partial charge < -0.3 is 59.4 Å². The van der Waals surface area contributed by atoms with Crippen LogP contribution in [0.15, 0.2) is 84.0 Å². The van der Waals surface area contributed by atoms with E-state index in [1.807, 2.05) is 31.2 Å². The van der Waals surface area contributed by atoms with Gasteiger partial charge in [0.1, 0.15) is 35.7 Å². The number of hydrogen-bond acceptors (Lipinski definition) is 9. The number of hydrogen-bond donors (Lipinski definition) is 11. The number of carbonyl (C=O) groups is 8. The monoisotopic (exact) mass is 1020 g/mol. The number of guanidine groups is 1. The van der Waals surface area contributed by atoms with Crippen LogP contribution in [0.3, 0.4) is 0 Å². The molecule has 73 heavy (non-hydrogen) atoms. The van der Waals surface area contributed by atoms with Gasteiger partial charge in [0.15, 0.2) is 5.96 Å². The summed E-state index contributed by atoms with van der Waals surface area (Å²) in [5.41, 5.74) is 18.8. The van der Waals surface area contributed by atoms with Crippen LogP contribution in [0.4, 0.5) is 0 Å². The molecule has 1 aliphatic carbocycles. The van der Waals surface area contributed by atoms with Crippen LogP contribution in [0.25, 0.3) is 10.9 Å². The minimum atomic E-state index is -1.74. The second-order valence-electron chi connectivity index (χ2n) is 18.7. The first-order valence-corrected chi connectivity index (χ1v) is 25.2. The standard InChI is InChI=1S/C52H67ClN12O8/c1-2-3-21-43(66)60-42-28-44(67)57-24-10-9-19-38(45(54)68)61-48(71)41(27-33-30-59-37-18-8-7-16-35(33)37)63-46(69)39(20-12-25-58-51(55)56)62-47(70)40(26-31-13-5-4-6-14-31)64-50(73)52(65-49(42)72)23-22-34-32(29-52)15-11-17-36(34)53/h4-8,11,13-18,30,38-42,59H,2-3,9-10,12,19-29H2,1H3,(H2,54,68)(H,57,67)(H,60,66)(H,61,71)(H,62,70)(H,63,69)(H,64,73)(H,65,72)(H4,55,56,58)/t38-,39+,40-,41-,42+,52?/m0/s1. The van der Waals surface area contributed by atoms with Crippen molar-refractivity contribution in [2.75, 3.05) is 13.1 Å². The van der Waals surface area contributed by atoms with Gasteiger partial charge in [-0.25, -0.2) is 0 Å². The lowest BCUT2D eigenvalue weighted by Crippen LogP contribution is -2.67. The molecule has 1 aliphatic heterocycles. The number of halogens is 1. The molecule has 1 fully saturated rings. The van der Waals surface area contributed by atoms with Crippen molar-refractivity contribution in [3.05, 3.63) is 106 Å². The van der Waals surface area contributed by atoms with Crippen molar-refractivity contribution in [2.24, 2.45) is 22.2 Å². The van der Waals surface area contributed by atoms with Gasteiger partial charge >= 0.3 is 0 Å². The molecule has 6 rings (SSSR count). The lowest BCUT2D eigenvalue weighted by Gasteiger charge is -2.39. The van der Waals surface area contributed by atoms with E-state index in [2.05, 4.69) is 47.2 Å². The van der Waals surface area contributed by atoms with E-state index in [1.54, 1.807) is 54.7 Å². The van der Waals surface area contributed by atoms with Crippen molar-refractivity contribution in [3.8, 4) is 0 Å². The summed E-state index contributed by atoms with van der Waals surface area (Å²) in [4.78, 5) is 121. The van der Waals surface area contributed by atoms with Crippen LogP contribution in [0.2, 0.25) is 5.02 Å². The minimum absolute atomic E-state index is 0.0195. The largest absolute Gasteiger partial charge is 0.370 e. The van der Waals surface area contributed by atoms with E-state index < -0.39 is 89.4 Å². The third-order valence-electron chi connectivity index (χ3n) is 13.2. The third kappa shape index (κ3) is 15.5. The maximum absolute atomic E-state index is 15.2. The quantitative estimate of drug-likeness (QED) is 0.0521. The number of aromatic amines is 1. The smallest absolute Gasteiger partial charge is 0.246 e. The van der Waals surface area contributed by atoms with Gasteiger partial charge in [0.25, 0.3) is 0 Å². The zero-order chi connectivity index (χ0) is 52.5. The fourth-order valence-corrected chi connectivity index (χ4v) is 9.50. The van der Waals surface area contributed by atoms with E-state index in [4.69, 9.17) is 28.8 Å². The van der Waals surface area contributed by atoms with Crippen LogP contribution in [0, 0.1) is 0 Å². The number of amides is 8. The summed E-state index contributed by atoms with van der Waals surface area (Å²) in [6.45, 7) is 2.10. The predicted molar refractivity (Wildman–Crippen MR) is 276 cm³/mol. The van der Waals surface area contributed by atoms with Gasteiger partial charge in [-0.3, -0.25) is 43.3 Å². The molecule has 14 N–H and O–H groups in total. The maximum atomic E-state index is 15.2. The first kappa shape index (κ1) is 54.8. The van der Waals surface area contributed by atoms with Crippen LogP contribution >= 0.6 is 11.6 Å². The number of unbranched alkanes of at least 4 members (excludes halogenated alkanes) is 1. The number of benzene rings is 3. The molecule has 4 aromatic rings. The summed E-state index contributed by atoms with van der Waals surface area (Å²) in [7, 11) is 0. The zero-order valence-electron chi connectivity index (χ0n) is 41.0. The second-order valence-corrected chi connectivity index (χ2v) is 19.1. The van der Waals surface area contributed by atoms with Crippen molar-refractivity contribution >= 4 is 75.7 Å². The number of H-pyrrole nitrogens is 1. The van der Waals surface area contributed by atoms with Gasteiger partial charge in [-0.2, -0.15) is 0 Å². The van der Waals surface area contributed by atoms with E-state index in [0.29, 0.717) is 47.4 Å². The Bertz CT molecular complexity index is 2660. The highest BCUT2D eigenvalue weighted by Gasteiger charge is 2.46. The Labute approximate surface area is 428 Å². The number of rotatable bonds is 13. The number of nitrogens with one attached hydrogen (secondary N) is 8. The Kier molecular flexibility index (Phi) is 19.7. The van der Waals surface area contributed by atoms with Crippen LogP contribution in [-0.2, 0) is 64.0 Å². The number of primary amides is 1. The molecule has 21 heteroatoms. The number of nitrogens with two attached hydrogens (primary N) is 3. The van der Waals surface area contributed by atoms with Crippen LogP contribution < -0.4 is 54.4 Å². The minimum Gasteiger partial charge on any atom is -0.370 e. The van der Waals surface area contributed by atoms with E-state index in [0.717, 1.165) is 16.5 Å². The molecule has 1 spiro atoms. The van der Waals surface area contributed by atoms with Crippen molar-refractivity contribution in [3.63, 3.8) is 0 Å². The Morgan fingerprint density at radius 3 is 2.26 bits per heavy atom. The fourth-order valence-electron chi connectivity index (χ4n) is 9.21. The second kappa shape index (κ2) is 26.3. The predicted octanol–water partition coefficient (Wildman–Crippen LogP) is 1.49. The number of para-hydroxylation sites is 1. The molecule has 0 saturated carbocycles. The van der Waals surface area contributed by atoms with Crippen molar-refractivity contribution in [1.29, 1.82) is 0 Å². The number of aromatic nitrogens is 1. The summed E-state index contributed by atoms with van der Waals surface area (Å²) >= 11 is 6.64. The maximum Gasteiger partial charge on any atom is 0.246 e. The Balaban J connectivity index is 1.41. The van der Waals surface area contributed by atoms with Crippen LogP contribution in [0.1, 0.15) is 93.4 Å². The first-order valence-electron chi connectivity index (χ1n) is 24.9. The number of aliphatic imine (C=N–C) groups is 1. The Morgan fingerprint density at radius 2 is 1.51 bits per heavy atom. The Hall–Kier alpha value is -7.48. The molecular formula is C52H67ClN12O8. The highest BCUT2D eigenvalue weighted by atomic mass is 35.5. The zero-order valence-corrected chi connectivity index (χ0v) is 41.8. The average Bonchev–Trinajstić information content (AvgIpc) is 3.77. The van der Waals surface area contributed by atoms with E-state index in [1.165, 1.54) is 0 Å². The van der Waals surface area contributed by atoms with E-state index in [9.17, 15) is 33.6 Å². The summed E-state index contributed by atoms with van der Waals surface area (Å²) in [5, 5.41) is 21.0. The SMILES string of the molecule is CCCCC(=O)N[C@@H]1CC(=O)NCCCC[C@@H](C(N)=O)NC(=O)[C@H](Cc2c[nH]c3ccccc23)NC(=O)[C@@H](CCCN=C(N)N)NC(=O)[C@H](Cc2ccccc2)NC(=O)C2(CCc3c(Cl)cccc3C2)NC1=O. The lowest BCUT2D eigenvalue weighted by atomic mass is 9.76. The summed E-state index contributed by atoms with van der Waals surface area (Å²) in [5.74, 6) is -5.85. The molecule has 1 unspecified atom stereocenters. The third-order valence-corrected chi connectivity index (χ3v) is 13.6. The van der Waals surface area contributed by atoms with Crippen LogP contribution in [0.5, 0.6) is 0 Å². The highest BCUT2D eigenvalue weighted by Crippen LogP contribution is 2.34. The molecule has 8 amide bonds. The first-order chi connectivity index (χ1) is 35.0. The molecule has 0 bridgehead atoms. The van der Waals surface area contributed by atoms with Gasteiger partial charge in [-0.1, -0.05) is 85.6 Å². The number of nitrogens with zero attached hydrogens (tertiary/aromatic N) is 1. The molecular weight excluding hydrogens is 956 g/mol. The summed E-state index contributed by atoms with van der Waals surface area (Å²) in [6, 6.07) is 14.9. The topological polar surface area (TPSA) is 327 Å². The number of fused-ring (bicyclic) bond motifs is 2. The van der Waals surface area contributed by atoms with E-state index in [-0.39, 0.29) is 76.8 Å².